The van der Waals surface area contributed by atoms with Crippen LogP contribution in [0.1, 0.15) is 86.2 Å². The fourth-order valence-corrected chi connectivity index (χ4v) is 8.76. The molecule has 0 aliphatic carbocycles. The van der Waals surface area contributed by atoms with Gasteiger partial charge < -0.3 is 14.6 Å². The number of urea groups is 1. The van der Waals surface area contributed by atoms with Gasteiger partial charge in [-0.3, -0.25) is 13.9 Å². The number of alkyl carbamates (subject to hydrolysis) is 1. The number of anilines is 1. The largest absolute Gasteiger partial charge is 0.530 e. The van der Waals surface area contributed by atoms with Crippen molar-refractivity contribution in [3.63, 3.8) is 0 Å². The molecule has 0 radical (unpaired) electrons. The molecule has 2 heterocycles. The first-order valence-corrected chi connectivity index (χ1v) is 22.0. The molecule has 0 saturated carbocycles. The van der Waals surface area contributed by atoms with Crippen molar-refractivity contribution in [1.29, 1.82) is 0 Å². The van der Waals surface area contributed by atoms with Gasteiger partial charge in [0.1, 0.15) is 18.2 Å². The predicted octanol–water partition coefficient (Wildman–Crippen LogP) is 11.7. The van der Waals surface area contributed by atoms with Gasteiger partial charge >= 0.3 is 26.1 Å². The first-order chi connectivity index (χ1) is 30.2. The van der Waals surface area contributed by atoms with E-state index in [4.69, 9.17) is 23.4 Å². The van der Waals surface area contributed by atoms with Crippen molar-refractivity contribution >= 4 is 25.6 Å². The SMILES string of the molecule is CCOP(=O)(OCC)Oc1ccc(COC(=O)NC(=O)Nc2cc(F)c(-c3c4c(nn3-c3c(CC)cccc3CC)C(C)(C)N(Cc3ccc(C(F)(F)F)cc3C)C4)cc2F)cc1F. The maximum atomic E-state index is 16.6. The van der Waals surface area contributed by atoms with Crippen LogP contribution in [0.2, 0.25) is 0 Å². The van der Waals surface area contributed by atoms with Crippen molar-refractivity contribution in [2.24, 2.45) is 0 Å². The second kappa shape index (κ2) is 19.2. The van der Waals surface area contributed by atoms with E-state index in [-0.39, 0.29) is 43.1 Å². The van der Waals surface area contributed by atoms with E-state index in [0.29, 0.717) is 40.9 Å². The van der Waals surface area contributed by atoms with Gasteiger partial charge in [-0.2, -0.15) is 18.3 Å². The molecule has 5 aromatic rings. The molecular weight excluding hydrogens is 867 g/mol. The van der Waals surface area contributed by atoms with E-state index in [2.05, 4.69) is 5.32 Å². The van der Waals surface area contributed by atoms with Crippen LogP contribution < -0.4 is 15.2 Å². The van der Waals surface area contributed by atoms with Crippen molar-refractivity contribution in [2.45, 2.75) is 92.7 Å². The van der Waals surface area contributed by atoms with E-state index in [1.54, 1.807) is 25.5 Å². The van der Waals surface area contributed by atoms with Gasteiger partial charge in [-0.25, -0.2) is 37.3 Å². The lowest BCUT2D eigenvalue weighted by atomic mass is 9.97. The number of benzene rings is 4. The molecule has 0 unspecified atom stereocenters. The summed E-state index contributed by atoms with van der Waals surface area (Å²) in [5, 5.41) is 9.04. The molecule has 6 rings (SSSR count). The van der Waals surface area contributed by atoms with Crippen molar-refractivity contribution in [3.8, 4) is 22.7 Å². The van der Waals surface area contributed by atoms with Gasteiger partial charge in [0, 0.05) is 30.3 Å². The van der Waals surface area contributed by atoms with Gasteiger partial charge in [0.2, 0.25) is 0 Å². The lowest BCUT2D eigenvalue weighted by Crippen LogP contribution is -2.36. The Morgan fingerprint density at radius 2 is 1.53 bits per heavy atom. The highest BCUT2D eigenvalue weighted by molar-refractivity contribution is 7.48. The number of imide groups is 1. The van der Waals surface area contributed by atoms with Crippen molar-refractivity contribution in [3.05, 3.63) is 129 Å². The maximum absolute atomic E-state index is 16.6. The number of hydrogen-bond donors (Lipinski definition) is 2. The first kappa shape index (κ1) is 47.8. The fraction of sp³-hybridized carbons (Fsp3) is 0.356. The highest BCUT2D eigenvalue weighted by Gasteiger charge is 2.44. The molecule has 2 N–H and O–H groups in total. The Bertz CT molecular complexity index is 2590. The summed E-state index contributed by atoms with van der Waals surface area (Å²) in [5.74, 6) is -3.40. The highest BCUT2D eigenvalue weighted by Crippen LogP contribution is 2.50. The summed E-state index contributed by atoms with van der Waals surface area (Å²) in [6, 6.07) is 13.2. The second-order valence-electron chi connectivity index (χ2n) is 15.4. The Hall–Kier alpha value is -5.68. The van der Waals surface area contributed by atoms with Crippen LogP contribution >= 0.6 is 7.82 Å². The summed E-state index contributed by atoms with van der Waals surface area (Å²) in [7, 11) is -4.09. The maximum Gasteiger partial charge on any atom is 0.530 e. The number of aromatic nitrogens is 2. The number of hydrogen-bond acceptors (Lipinski definition) is 9. The topological polar surface area (TPSA) is 133 Å². The average Bonchev–Trinajstić information content (AvgIpc) is 3.71. The number of carbonyl (C=O) groups is 2. The molecule has 4 aromatic carbocycles. The molecule has 1 aromatic heterocycles. The number of rotatable bonds is 15. The molecule has 64 heavy (non-hydrogen) atoms. The van der Waals surface area contributed by atoms with Crippen molar-refractivity contribution < 1.29 is 58.8 Å². The van der Waals surface area contributed by atoms with E-state index >= 15 is 8.78 Å². The normalized spacial score (nSPS) is 13.8. The van der Waals surface area contributed by atoms with Crippen LogP contribution in [-0.2, 0) is 62.6 Å². The molecule has 0 spiro atoms. The molecule has 3 amide bonds. The average molecular weight is 916 g/mol. The molecule has 0 atom stereocenters. The molecule has 0 saturated heterocycles. The zero-order valence-corrected chi connectivity index (χ0v) is 37.1. The Morgan fingerprint density at radius 1 is 0.859 bits per heavy atom. The first-order valence-electron chi connectivity index (χ1n) is 20.5. The number of ether oxygens (including phenoxy) is 1. The van der Waals surface area contributed by atoms with Crippen LogP contribution in [0.4, 0.5) is 41.6 Å². The third-order valence-electron chi connectivity index (χ3n) is 10.8. The Morgan fingerprint density at radius 3 is 2.12 bits per heavy atom. The van der Waals surface area contributed by atoms with Crippen LogP contribution in [0.3, 0.4) is 0 Å². The van der Waals surface area contributed by atoms with Gasteiger partial charge in [0.15, 0.2) is 11.6 Å². The van der Waals surface area contributed by atoms with Crippen LogP contribution in [-0.4, -0.2) is 40.0 Å². The lowest BCUT2D eigenvalue weighted by Gasteiger charge is -2.32. The number of fused-ring (bicyclic) bond motifs is 1. The minimum Gasteiger partial charge on any atom is -0.444 e. The van der Waals surface area contributed by atoms with E-state index < -0.39 is 72.7 Å². The Balaban J connectivity index is 1.24. The number of phosphoric ester groups is 1. The minimum absolute atomic E-state index is 0.0263. The zero-order valence-electron chi connectivity index (χ0n) is 36.2. The van der Waals surface area contributed by atoms with Gasteiger partial charge in [-0.15, -0.1) is 0 Å². The standard InChI is InChI=1S/C45H48F6N5O7P/c1-8-28-13-12-14-29(9-2)39(28)56-40(33-24-55(44(6,7)41(33)54-56)23-30-16-17-31(19-26(30)5)45(49,50)51)32-21-35(47)37(22-34(32)46)52-42(57)53-43(58)60-25-27-15-18-38(36(48)20-27)63-64(59,61-10-3)62-11-4/h12-22H,8-11,23-25H2,1-7H3,(H2,52,53,57,58). The molecular formula is C45H48F6N5O7P. The number of para-hydroxylation sites is 1. The van der Waals surface area contributed by atoms with Crippen molar-refractivity contribution in [2.75, 3.05) is 18.5 Å². The van der Waals surface area contributed by atoms with Gasteiger partial charge in [0.25, 0.3) is 0 Å². The van der Waals surface area contributed by atoms with E-state index in [9.17, 15) is 31.7 Å². The highest BCUT2D eigenvalue weighted by atomic mass is 31.2. The Labute approximate surface area is 366 Å². The number of phosphoric acid groups is 1. The molecule has 342 valence electrons. The van der Waals surface area contributed by atoms with Gasteiger partial charge in [0.05, 0.1) is 47.1 Å². The molecule has 1 aliphatic rings. The molecule has 19 heteroatoms. The number of halogens is 6. The number of aryl methyl sites for hydroxylation is 3. The van der Waals surface area contributed by atoms with E-state index in [1.807, 2.05) is 56.1 Å². The smallest absolute Gasteiger partial charge is 0.444 e. The van der Waals surface area contributed by atoms with Crippen LogP contribution in [0.5, 0.6) is 5.75 Å². The summed E-state index contributed by atoms with van der Waals surface area (Å²) in [4.78, 5) is 27.3. The monoisotopic (exact) mass is 915 g/mol. The number of carbonyl (C=O) groups excluding carboxylic acids is 2. The van der Waals surface area contributed by atoms with Crippen molar-refractivity contribution in [1.82, 2.24) is 20.0 Å². The fourth-order valence-electron chi connectivity index (χ4n) is 7.55. The minimum atomic E-state index is -4.50. The predicted molar refractivity (Wildman–Crippen MR) is 226 cm³/mol. The van der Waals surface area contributed by atoms with Crippen LogP contribution in [0.15, 0.2) is 66.7 Å². The van der Waals surface area contributed by atoms with E-state index in [0.717, 1.165) is 47.5 Å². The third kappa shape index (κ3) is 10.1. The quantitative estimate of drug-likeness (QED) is 0.0778. The summed E-state index contributed by atoms with van der Waals surface area (Å²) < 4.78 is 122. The number of amides is 3. The summed E-state index contributed by atoms with van der Waals surface area (Å²) in [6.07, 6.45) is -4.61. The summed E-state index contributed by atoms with van der Waals surface area (Å²) in [6.45, 7) is 12.3. The number of nitrogens with zero attached hydrogens (tertiary/aromatic N) is 3. The summed E-state index contributed by atoms with van der Waals surface area (Å²) in [5.41, 5.74) is 2.80. The zero-order chi connectivity index (χ0) is 46.7. The molecule has 0 fully saturated rings. The lowest BCUT2D eigenvalue weighted by molar-refractivity contribution is -0.137. The van der Waals surface area contributed by atoms with Crippen LogP contribution in [0, 0.1) is 24.4 Å². The Kier molecular flexibility index (Phi) is 14.3. The number of nitrogens with one attached hydrogen (secondary N) is 2. The molecule has 1 aliphatic heterocycles. The van der Waals surface area contributed by atoms with Gasteiger partial charge in [-0.1, -0.05) is 44.2 Å². The van der Waals surface area contributed by atoms with Gasteiger partial charge in [-0.05, 0) is 106 Å². The number of alkyl halides is 3. The molecule has 12 nitrogen and oxygen atoms in total. The second-order valence-corrected chi connectivity index (χ2v) is 17.0. The third-order valence-corrected chi connectivity index (χ3v) is 12.4. The molecule has 0 bridgehead atoms. The van der Waals surface area contributed by atoms with Crippen LogP contribution in [0.25, 0.3) is 16.9 Å². The van der Waals surface area contributed by atoms with E-state index in [1.165, 1.54) is 12.1 Å². The summed E-state index contributed by atoms with van der Waals surface area (Å²) >= 11 is 0.